The maximum absolute atomic E-state index is 10.3. The van der Waals surface area contributed by atoms with Gasteiger partial charge in [0.2, 0.25) is 0 Å². The second kappa shape index (κ2) is 9.94. The van der Waals surface area contributed by atoms with Gasteiger partial charge in [-0.25, -0.2) is 4.79 Å². The van der Waals surface area contributed by atoms with Gasteiger partial charge in [-0.05, 0) is 33.4 Å². The number of nitrogens with one attached hydrogen (secondary N) is 1. The molecule has 0 saturated carbocycles. The Morgan fingerprint density at radius 2 is 2.12 bits per heavy atom. The van der Waals surface area contributed by atoms with E-state index in [1.165, 1.54) is 0 Å². The molecule has 1 amide bonds. The lowest BCUT2D eigenvalue weighted by molar-refractivity contribution is 0.191. The first-order valence-electron chi connectivity index (χ1n) is 5.81. The Hall–Kier alpha value is -1.25. The maximum atomic E-state index is 10.3. The molecule has 0 aliphatic carbocycles. The molecule has 1 unspecified atom stereocenters. The first kappa shape index (κ1) is 15.8. The Morgan fingerprint density at radius 1 is 1.41 bits per heavy atom. The van der Waals surface area contributed by atoms with Gasteiger partial charge >= 0.3 is 6.09 Å². The third-order valence-corrected chi connectivity index (χ3v) is 2.20. The van der Waals surface area contributed by atoms with Crippen molar-refractivity contribution >= 4 is 6.09 Å². The molecule has 1 atom stereocenters. The van der Waals surface area contributed by atoms with Crippen molar-refractivity contribution in [1.29, 1.82) is 0 Å². The number of unbranched alkanes of at least 4 members (excludes halogenated alkanes) is 1. The van der Waals surface area contributed by atoms with E-state index in [1.54, 1.807) is 6.92 Å². The van der Waals surface area contributed by atoms with Crippen LogP contribution in [0.3, 0.4) is 0 Å². The Bertz CT molecular complexity index is 271. The van der Waals surface area contributed by atoms with Crippen LogP contribution >= 0.6 is 0 Å². The number of aliphatic hydroxyl groups is 1. The van der Waals surface area contributed by atoms with E-state index in [1.807, 2.05) is 7.05 Å². The highest BCUT2D eigenvalue weighted by Gasteiger charge is 2.01. The number of amides is 1. The fraction of sp³-hybridized carbons (Fsp3) is 0.750. The van der Waals surface area contributed by atoms with Gasteiger partial charge in [0.25, 0.3) is 0 Å². The average Bonchev–Trinajstić information content (AvgIpc) is 2.24. The van der Waals surface area contributed by atoms with Gasteiger partial charge in [0.15, 0.2) is 0 Å². The standard InChI is InChI=1S/C12H22N2O3/c1-11(13-12(16)17)7-3-4-8-14(2)9-5-6-10-15/h11,13,15H,5-10H2,1-2H3,(H,16,17). The zero-order chi connectivity index (χ0) is 13.1. The second-order valence-corrected chi connectivity index (χ2v) is 4.08. The fourth-order valence-electron chi connectivity index (χ4n) is 1.25. The van der Waals surface area contributed by atoms with Crippen LogP contribution in [-0.2, 0) is 0 Å². The molecule has 0 saturated heterocycles. The smallest absolute Gasteiger partial charge is 0.404 e. The van der Waals surface area contributed by atoms with Crippen LogP contribution in [0.5, 0.6) is 0 Å². The van der Waals surface area contributed by atoms with Gasteiger partial charge in [-0.15, -0.1) is 0 Å². The molecular weight excluding hydrogens is 220 g/mol. The zero-order valence-corrected chi connectivity index (χ0v) is 10.6. The molecule has 98 valence electrons. The van der Waals surface area contributed by atoms with Crippen LogP contribution in [0.1, 0.15) is 26.2 Å². The van der Waals surface area contributed by atoms with Crippen LogP contribution in [0.15, 0.2) is 0 Å². The third kappa shape index (κ3) is 11.0. The summed E-state index contributed by atoms with van der Waals surface area (Å²) in [6.45, 7) is 3.61. The van der Waals surface area contributed by atoms with E-state index in [0.717, 1.165) is 19.4 Å². The predicted molar refractivity (Wildman–Crippen MR) is 66.8 cm³/mol. The molecule has 0 fully saturated rings. The van der Waals surface area contributed by atoms with Crippen molar-refractivity contribution < 1.29 is 15.0 Å². The van der Waals surface area contributed by atoms with Gasteiger partial charge in [0.1, 0.15) is 0 Å². The van der Waals surface area contributed by atoms with E-state index in [2.05, 4.69) is 22.1 Å². The maximum Gasteiger partial charge on any atom is 0.404 e. The first-order valence-corrected chi connectivity index (χ1v) is 5.81. The van der Waals surface area contributed by atoms with Gasteiger partial charge in [0, 0.05) is 19.1 Å². The van der Waals surface area contributed by atoms with Crippen LogP contribution in [0.25, 0.3) is 0 Å². The quantitative estimate of drug-likeness (QED) is 0.455. The number of hydrogen-bond acceptors (Lipinski definition) is 3. The highest BCUT2D eigenvalue weighted by molar-refractivity contribution is 5.64. The monoisotopic (exact) mass is 242 g/mol. The summed E-state index contributed by atoms with van der Waals surface area (Å²) in [5.74, 6) is 5.94. The fourth-order valence-corrected chi connectivity index (χ4v) is 1.25. The Morgan fingerprint density at radius 3 is 2.71 bits per heavy atom. The molecule has 0 aliphatic rings. The Kier molecular flexibility index (Phi) is 9.21. The van der Waals surface area contributed by atoms with Crippen LogP contribution in [0.2, 0.25) is 0 Å². The van der Waals surface area contributed by atoms with Crippen molar-refractivity contribution in [3.05, 3.63) is 0 Å². The van der Waals surface area contributed by atoms with Crippen molar-refractivity contribution in [2.75, 3.05) is 26.7 Å². The lowest BCUT2D eigenvalue weighted by Gasteiger charge is -2.12. The Balaban J connectivity index is 3.62. The van der Waals surface area contributed by atoms with Crippen LogP contribution < -0.4 is 5.32 Å². The molecule has 0 rings (SSSR count). The predicted octanol–water partition coefficient (Wildman–Crippen LogP) is 0.740. The third-order valence-electron chi connectivity index (χ3n) is 2.20. The molecule has 0 aliphatic heterocycles. The van der Waals surface area contributed by atoms with Gasteiger partial charge in [-0.1, -0.05) is 11.8 Å². The van der Waals surface area contributed by atoms with E-state index in [4.69, 9.17) is 10.2 Å². The SMILES string of the molecule is CC(CC#CCN(C)CCCCO)NC(=O)O. The van der Waals surface area contributed by atoms with Crippen molar-refractivity contribution in [2.24, 2.45) is 0 Å². The molecule has 0 aromatic carbocycles. The molecule has 3 N–H and O–H groups in total. The number of nitrogens with zero attached hydrogens (tertiary/aromatic N) is 1. The normalized spacial score (nSPS) is 11.8. The van der Waals surface area contributed by atoms with Crippen LogP contribution in [-0.4, -0.2) is 54.0 Å². The molecule has 0 aromatic heterocycles. The number of aliphatic hydroxyl groups excluding tert-OH is 1. The minimum Gasteiger partial charge on any atom is -0.465 e. The lowest BCUT2D eigenvalue weighted by Crippen LogP contribution is -2.30. The average molecular weight is 242 g/mol. The van der Waals surface area contributed by atoms with Gasteiger partial charge in [-0.3, -0.25) is 4.90 Å². The van der Waals surface area contributed by atoms with E-state index in [9.17, 15) is 4.79 Å². The molecule has 0 heterocycles. The summed E-state index contributed by atoms with van der Waals surface area (Å²) in [6, 6.07) is -0.139. The Labute approximate surface area is 103 Å². The summed E-state index contributed by atoms with van der Waals surface area (Å²) < 4.78 is 0. The number of hydrogen-bond donors (Lipinski definition) is 3. The minimum atomic E-state index is -1.01. The highest BCUT2D eigenvalue weighted by atomic mass is 16.4. The topological polar surface area (TPSA) is 72.8 Å². The summed E-state index contributed by atoms with van der Waals surface area (Å²) >= 11 is 0. The van der Waals surface area contributed by atoms with E-state index < -0.39 is 6.09 Å². The first-order chi connectivity index (χ1) is 8.06. The van der Waals surface area contributed by atoms with Crippen molar-refractivity contribution in [1.82, 2.24) is 10.2 Å². The van der Waals surface area contributed by atoms with Crippen LogP contribution in [0, 0.1) is 11.8 Å². The van der Waals surface area contributed by atoms with E-state index in [-0.39, 0.29) is 12.6 Å². The van der Waals surface area contributed by atoms with E-state index >= 15 is 0 Å². The number of carboxylic acid groups (broad SMARTS) is 1. The van der Waals surface area contributed by atoms with Gasteiger partial charge in [-0.2, -0.15) is 0 Å². The zero-order valence-electron chi connectivity index (χ0n) is 10.6. The lowest BCUT2D eigenvalue weighted by atomic mass is 10.2. The molecule has 0 aromatic rings. The molecular formula is C12H22N2O3. The van der Waals surface area contributed by atoms with Gasteiger partial charge in [0.05, 0.1) is 6.54 Å². The molecule has 0 spiro atoms. The largest absolute Gasteiger partial charge is 0.465 e. The van der Waals surface area contributed by atoms with Crippen molar-refractivity contribution in [3.63, 3.8) is 0 Å². The second-order valence-electron chi connectivity index (χ2n) is 4.08. The van der Waals surface area contributed by atoms with Crippen molar-refractivity contribution in [2.45, 2.75) is 32.2 Å². The molecule has 0 radical (unpaired) electrons. The summed E-state index contributed by atoms with van der Waals surface area (Å²) in [5.41, 5.74) is 0. The molecule has 5 nitrogen and oxygen atoms in total. The highest BCUT2D eigenvalue weighted by Crippen LogP contribution is 1.91. The molecule has 17 heavy (non-hydrogen) atoms. The summed E-state index contributed by atoms with van der Waals surface area (Å²) in [4.78, 5) is 12.4. The number of carbonyl (C=O) groups is 1. The minimum absolute atomic E-state index is 0.139. The summed E-state index contributed by atoms with van der Waals surface area (Å²) in [7, 11) is 1.98. The molecule has 5 heteroatoms. The van der Waals surface area contributed by atoms with Crippen LogP contribution in [0.4, 0.5) is 4.79 Å². The summed E-state index contributed by atoms with van der Waals surface area (Å²) in [6.07, 6.45) is 1.29. The van der Waals surface area contributed by atoms with Gasteiger partial charge < -0.3 is 15.5 Å². The summed E-state index contributed by atoms with van der Waals surface area (Å²) in [5, 5.41) is 19.4. The number of rotatable bonds is 7. The van der Waals surface area contributed by atoms with E-state index in [0.29, 0.717) is 13.0 Å². The van der Waals surface area contributed by atoms with Crippen molar-refractivity contribution in [3.8, 4) is 11.8 Å². The molecule has 0 bridgehead atoms.